The summed E-state index contributed by atoms with van der Waals surface area (Å²) >= 11 is 0. The van der Waals surface area contributed by atoms with Gasteiger partial charge in [-0.25, -0.2) is 8.42 Å². The number of amides is 1. The van der Waals surface area contributed by atoms with Gasteiger partial charge in [-0.05, 0) is 54.8 Å². The van der Waals surface area contributed by atoms with Gasteiger partial charge in [-0.15, -0.1) is 0 Å². The summed E-state index contributed by atoms with van der Waals surface area (Å²) in [7, 11) is -2.55. The molecule has 0 aliphatic heterocycles. The topological polar surface area (TPSA) is 75.7 Å². The zero-order chi connectivity index (χ0) is 23.3. The summed E-state index contributed by atoms with van der Waals surface area (Å²) in [5, 5.41) is 2.79. The summed E-state index contributed by atoms with van der Waals surface area (Å²) in [6, 6.07) is 20.8. The average Bonchev–Trinajstić information content (AvgIpc) is 2.78. The zero-order valence-electron chi connectivity index (χ0n) is 18.7. The molecule has 0 aromatic heterocycles. The fraction of sp³-hybridized carbons (Fsp3) is 0.240. The quantitative estimate of drug-likeness (QED) is 0.524. The van der Waals surface area contributed by atoms with Crippen molar-refractivity contribution in [3.05, 3.63) is 83.9 Å². The predicted molar refractivity (Wildman–Crippen MR) is 128 cm³/mol. The van der Waals surface area contributed by atoms with Gasteiger partial charge in [-0.3, -0.25) is 9.10 Å². The summed E-state index contributed by atoms with van der Waals surface area (Å²) in [5.74, 6) is 0.279. The molecule has 0 saturated carbocycles. The minimum atomic E-state index is -4.02. The number of nitrogens with zero attached hydrogens (tertiary/aromatic N) is 1. The second-order valence-electron chi connectivity index (χ2n) is 7.82. The van der Waals surface area contributed by atoms with E-state index in [1.54, 1.807) is 36.4 Å². The molecule has 32 heavy (non-hydrogen) atoms. The van der Waals surface area contributed by atoms with Crippen molar-refractivity contribution in [2.75, 3.05) is 23.3 Å². The minimum Gasteiger partial charge on any atom is -0.495 e. The monoisotopic (exact) mass is 452 g/mol. The molecule has 0 heterocycles. The van der Waals surface area contributed by atoms with Crippen LogP contribution in [0.25, 0.3) is 0 Å². The normalized spacial score (nSPS) is 11.3. The first-order valence-electron chi connectivity index (χ1n) is 10.3. The van der Waals surface area contributed by atoms with Crippen molar-refractivity contribution >= 4 is 27.3 Å². The number of para-hydroxylation sites is 2. The van der Waals surface area contributed by atoms with Gasteiger partial charge in [0.1, 0.15) is 12.3 Å². The van der Waals surface area contributed by atoms with E-state index >= 15 is 0 Å². The molecular weight excluding hydrogens is 424 g/mol. The lowest BCUT2D eigenvalue weighted by atomic mass is 10.0. The molecule has 3 aromatic carbocycles. The highest BCUT2D eigenvalue weighted by Crippen LogP contribution is 2.32. The number of nitrogens with one attached hydrogen (secondary N) is 1. The summed E-state index contributed by atoms with van der Waals surface area (Å²) in [4.78, 5) is 13.0. The van der Waals surface area contributed by atoms with Crippen LogP contribution in [-0.2, 0) is 14.8 Å². The largest absolute Gasteiger partial charge is 0.495 e. The van der Waals surface area contributed by atoms with Crippen LogP contribution in [0.15, 0.2) is 77.7 Å². The van der Waals surface area contributed by atoms with E-state index in [2.05, 4.69) is 19.2 Å². The standard InChI is InChI=1S/C25H28N2O4S/c1-18(2)20-11-13-21(14-12-20)26-25(28)17-27(23-7-5-6-8-24(23)31-4)32(29,30)22-15-9-19(3)10-16-22/h5-16,18H,17H2,1-4H3,(H,26,28). The molecule has 0 unspecified atom stereocenters. The molecule has 0 aliphatic rings. The maximum absolute atomic E-state index is 13.5. The molecule has 6 nitrogen and oxygen atoms in total. The number of ether oxygens (including phenoxy) is 1. The molecular formula is C25H28N2O4S. The second kappa shape index (κ2) is 9.87. The Morgan fingerprint density at radius 1 is 0.969 bits per heavy atom. The third-order valence-electron chi connectivity index (χ3n) is 5.11. The molecule has 168 valence electrons. The van der Waals surface area contributed by atoms with Crippen molar-refractivity contribution in [2.24, 2.45) is 0 Å². The zero-order valence-corrected chi connectivity index (χ0v) is 19.5. The molecule has 7 heteroatoms. The van der Waals surface area contributed by atoms with E-state index in [9.17, 15) is 13.2 Å². The van der Waals surface area contributed by atoms with Crippen LogP contribution in [0.1, 0.15) is 30.9 Å². The number of rotatable bonds is 8. The van der Waals surface area contributed by atoms with Crippen molar-refractivity contribution in [3.8, 4) is 5.75 Å². The lowest BCUT2D eigenvalue weighted by Crippen LogP contribution is -2.38. The summed E-state index contributed by atoms with van der Waals surface area (Å²) < 4.78 is 33.5. The van der Waals surface area contributed by atoms with E-state index < -0.39 is 22.5 Å². The third kappa shape index (κ3) is 5.29. The van der Waals surface area contributed by atoms with Gasteiger partial charge in [0.25, 0.3) is 10.0 Å². The van der Waals surface area contributed by atoms with Gasteiger partial charge in [0.05, 0.1) is 17.7 Å². The Hall–Kier alpha value is -3.32. The number of carbonyl (C=O) groups excluding carboxylic acids is 1. The maximum atomic E-state index is 13.5. The first kappa shape index (κ1) is 23.3. The van der Waals surface area contributed by atoms with Crippen molar-refractivity contribution in [3.63, 3.8) is 0 Å². The number of benzene rings is 3. The highest BCUT2D eigenvalue weighted by Gasteiger charge is 2.29. The van der Waals surface area contributed by atoms with Crippen molar-refractivity contribution in [1.82, 2.24) is 0 Å². The molecule has 0 aliphatic carbocycles. The summed E-state index contributed by atoms with van der Waals surface area (Å²) in [6.45, 7) is 5.66. The lowest BCUT2D eigenvalue weighted by Gasteiger charge is -2.25. The van der Waals surface area contributed by atoms with E-state index in [0.717, 1.165) is 15.4 Å². The number of sulfonamides is 1. The molecule has 0 saturated heterocycles. The smallest absolute Gasteiger partial charge is 0.264 e. The molecule has 3 aromatic rings. The molecule has 0 radical (unpaired) electrons. The van der Waals surface area contributed by atoms with Crippen LogP contribution in [0.5, 0.6) is 5.75 Å². The highest BCUT2D eigenvalue weighted by molar-refractivity contribution is 7.92. The van der Waals surface area contributed by atoms with Crippen LogP contribution in [-0.4, -0.2) is 28.0 Å². The lowest BCUT2D eigenvalue weighted by molar-refractivity contribution is -0.114. The van der Waals surface area contributed by atoms with E-state index in [-0.39, 0.29) is 4.90 Å². The first-order valence-corrected chi connectivity index (χ1v) is 11.8. The molecule has 0 bridgehead atoms. The number of carbonyl (C=O) groups is 1. The number of methoxy groups -OCH3 is 1. The van der Waals surface area contributed by atoms with Gasteiger partial charge in [0.2, 0.25) is 5.91 Å². The highest BCUT2D eigenvalue weighted by atomic mass is 32.2. The average molecular weight is 453 g/mol. The first-order chi connectivity index (χ1) is 15.2. The molecule has 0 spiro atoms. The minimum absolute atomic E-state index is 0.100. The molecule has 1 N–H and O–H groups in total. The van der Waals surface area contributed by atoms with Crippen molar-refractivity contribution in [1.29, 1.82) is 0 Å². The Kier molecular flexibility index (Phi) is 7.20. The molecule has 3 rings (SSSR count). The third-order valence-corrected chi connectivity index (χ3v) is 6.89. The molecule has 1 amide bonds. The van der Waals surface area contributed by atoms with Crippen LogP contribution >= 0.6 is 0 Å². The number of hydrogen-bond donors (Lipinski definition) is 1. The Labute approximate surface area is 189 Å². The van der Waals surface area contributed by atoms with Gasteiger partial charge in [-0.2, -0.15) is 0 Å². The van der Waals surface area contributed by atoms with Crippen LogP contribution in [0.2, 0.25) is 0 Å². The van der Waals surface area contributed by atoms with Crippen LogP contribution in [0.4, 0.5) is 11.4 Å². The van der Waals surface area contributed by atoms with E-state index in [0.29, 0.717) is 23.0 Å². The molecule has 0 atom stereocenters. The second-order valence-corrected chi connectivity index (χ2v) is 9.68. The predicted octanol–water partition coefficient (Wildman–Crippen LogP) is 4.96. The van der Waals surface area contributed by atoms with Gasteiger partial charge >= 0.3 is 0 Å². The van der Waals surface area contributed by atoms with E-state index in [1.165, 1.54) is 19.2 Å². The van der Waals surface area contributed by atoms with Gasteiger partial charge in [-0.1, -0.05) is 55.8 Å². The summed E-state index contributed by atoms with van der Waals surface area (Å²) in [6.07, 6.45) is 0. The Bertz CT molecular complexity index is 1170. The maximum Gasteiger partial charge on any atom is 0.264 e. The van der Waals surface area contributed by atoms with Gasteiger partial charge in [0, 0.05) is 5.69 Å². The van der Waals surface area contributed by atoms with Crippen LogP contribution < -0.4 is 14.4 Å². The Morgan fingerprint density at radius 2 is 1.59 bits per heavy atom. The van der Waals surface area contributed by atoms with Gasteiger partial charge in [0.15, 0.2) is 0 Å². The number of hydrogen-bond acceptors (Lipinski definition) is 4. The van der Waals surface area contributed by atoms with E-state index in [1.807, 2.05) is 31.2 Å². The SMILES string of the molecule is COc1ccccc1N(CC(=O)Nc1ccc(C(C)C)cc1)S(=O)(=O)c1ccc(C)cc1. The van der Waals surface area contributed by atoms with E-state index in [4.69, 9.17) is 4.74 Å². The van der Waals surface area contributed by atoms with Crippen LogP contribution in [0, 0.1) is 6.92 Å². The van der Waals surface area contributed by atoms with Crippen LogP contribution in [0.3, 0.4) is 0 Å². The number of aryl methyl sites for hydroxylation is 1. The Balaban J connectivity index is 1.94. The molecule has 0 fully saturated rings. The summed E-state index contributed by atoms with van der Waals surface area (Å²) in [5.41, 5.74) is 2.99. The van der Waals surface area contributed by atoms with Crippen molar-refractivity contribution < 1.29 is 17.9 Å². The number of anilines is 2. The van der Waals surface area contributed by atoms with Gasteiger partial charge < -0.3 is 10.1 Å². The fourth-order valence-electron chi connectivity index (χ4n) is 3.26. The fourth-order valence-corrected chi connectivity index (χ4v) is 4.69. The van der Waals surface area contributed by atoms with Crippen molar-refractivity contribution in [2.45, 2.75) is 31.6 Å². The Morgan fingerprint density at radius 3 is 2.19 bits per heavy atom.